The van der Waals surface area contributed by atoms with Crippen LogP contribution in [0.1, 0.15) is 0 Å². The van der Waals surface area contributed by atoms with Crippen molar-refractivity contribution in [2.45, 2.75) is 0 Å². The van der Waals surface area contributed by atoms with Crippen molar-refractivity contribution in [2.75, 3.05) is 26.2 Å². The summed E-state index contributed by atoms with van der Waals surface area (Å²) in [7, 11) is -2.87. The van der Waals surface area contributed by atoms with E-state index in [1.165, 1.54) is 0 Å². The normalized spacial score (nSPS) is 18.4. The van der Waals surface area contributed by atoms with Gasteiger partial charge < -0.3 is 0 Å². The van der Waals surface area contributed by atoms with Crippen LogP contribution in [0.2, 0.25) is 0 Å². The molecule has 8 heteroatoms. The Bertz CT molecular complexity index is 233. The molecule has 78 valence electrons. The minimum Gasteiger partial charge on any atom is -0.272 e. The minimum absolute atomic E-state index is 0.921. The summed E-state index contributed by atoms with van der Waals surface area (Å²) < 4.78 is 8.70. The van der Waals surface area contributed by atoms with Gasteiger partial charge >= 0.3 is 8.25 Å². The lowest BCUT2D eigenvalue weighted by molar-refractivity contribution is 0.176. The van der Waals surface area contributed by atoms with Gasteiger partial charge in [-0.2, -0.15) is 0 Å². The molecule has 2 N–H and O–H groups in total. The molecule has 2 aliphatic heterocycles. The summed E-state index contributed by atoms with van der Waals surface area (Å²) in [6.07, 6.45) is 3.74. The molecular formula is C6H12N4O3P+. The maximum absolute atomic E-state index is 8.70. The second-order valence-electron chi connectivity index (χ2n) is 2.62. The molecule has 2 aliphatic rings. The molecular weight excluding hydrogens is 207 g/mol. The van der Waals surface area contributed by atoms with E-state index in [9.17, 15) is 0 Å². The number of aliphatic imine (C=N–C) groups is 2. The maximum Gasteiger partial charge on any atom is 0.692 e. The van der Waals surface area contributed by atoms with Crippen molar-refractivity contribution in [3.05, 3.63) is 0 Å². The lowest BCUT2D eigenvalue weighted by Crippen LogP contribution is -2.38. The Morgan fingerprint density at radius 2 is 1.43 bits per heavy atom. The second kappa shape index (κ2) is 5.64. The summed E-state index contributed by atoms with van der Waals surface area (Å²) in [6.45, 7) is 3.85. The van der Waals surface area contributed by atoms with Crippen LogP contribution in [0.15, 0.2) is 9.98 Å². The Morgan fingerprint density at radius 3 is 1.64 bits per heavy atom. The highest BCUT2D eigenvalue weighted by molar-refractivity contribution is 7.30. The molecule has 0 amide bonds. The van der Waals surface area contributed by atoms with Crippen LogP contribution in [0.5, 0.6) is 0 Å². The van der Waals surface area contributed by atoms with E-state index < -0.39 is 8.25 Å². The molecule has 0 bridgehead atoms. The van der Waals surface area contributed by atoms with Crippen molar-refractivity contribution in [1.82, 2.24) is 10.0 Å². The van der Waals surface area contributed by atoms with E-state index in [-0.39, 0.29) is 0 Å². The lowest BCUT2D eigenvalue weighted by Gasteiger charge is -2.24. The van der Waals surface area contributed by atoms with Crippen LogP contribution in [-0.2, 0) is 4.57 Å². The van der Waals surface area contributed by atoms with Crippen molar-refractivity contribution in [3.63, 3.8) is 0 Å². The summed E-state index contributed by atoms with van der Waals surface area (Å²) in [5.41, 5.74) is 0. The van der Waals surface area contributed by atoms with Gasteiger partial charge in [0.05, 0.1) is 26.2 Å². The molecule has 2 heterocycles. The van der Waals surface area contributed by atoms with Crippen molar-refractivity contribution < 1.29 is 14.4 Å². The van der Waals surface area contributed by atoms with Gasteiger partial charge in [-0.15, -0.1) is 9.79 Å². The van der Waals surface area contributed by atoms with Gasteiger partial charge in [0.1, 0.15) is 12.7 Å². The number of hydrogen-bond donors (Lipinski definition) is 2. The highest BCUT2D eigenvalue weighted by Crippen LogP contribution is 2.01. The first-order valence-electron chi connectivity index (χ1n) is 4.08. The zero-order valence-corrected chi connectivity index (χ0v) is 8.42. The molecule has 14 heavy (non-hydrogen) atoms. The Kier molecular flexibility index (Phi) is 4.45. The van der Waals surface area contributed by atoms with Crippen LogP contribution in [0.3, 0.4) is 0 Å². The van der Waals surface area contributed by atoms with Crippen LogP contribution >= 0.6 is 8.25 Å². The molecule has 0 radical (unpaired) electrons. The van der Waals surface area contributed by atoms with Gasteiger partial charge in [0.15, 0.2) is 0 Å². The first-order valence-corrected chi connectivity index (χ1v) is 5.25. The van der Waals surface area contributed by atoms with Gasteiger partial charge in [-0.05, 0) is 0 Å². The maximum atomic E-state index is 8.70. The molecule has 0 atom stereocenters. The lowest BCUT2D eigenvalue weighted by atomic mass is 10.6. The number of hydrogen-bond acceptors (Lipinski definition) is 5. The smallest absolute Gasteiger partial charge is 0.272 e. The number of hydrazine groups is 1. The van der Waals surface area contributed by atoms with Crippen LogP contribution in [0.25, 0.3) is 0 Å². The van der Waals surface area contributed by atoms with Gasteiger partial charge in [-0.3, -0.25) is 20.0 Å². The van der Waals surface area contributed by atoms with Crippen LogP contribution < -0.4 is 0 Å². The summed E-state index contributed by atoms with van der Waals surface area (Å²) in [4.78, 5) is 22.5. The fraction of sp³-hybridized carbons (Fsp3) is 0.667. The second-order valence-corrected chi connectivity index (χ2v) is 3.13. The molecule has 0 aromatic rings. The molecule has 2 rings (SSSR count). The minimum atomic E-state index is -2.87. The van der Waals surface area contributed by atoms with Gasteiger partial charge in [0.25, 0.3) is 0 Å². The fourth-order valence-corrected chi connectivity index (χ4v) is 1.13. The van der Waals surface area contributed by atoms with Gasteiger partial charge in [-0.25, -0.2) is 0 Å². The van der Waals surface area contributed by atoms with E-state index in [2.05, 4.69) is 20.0 Å². The summed E-state index contributed by atoms with van der Waals surface area (Å²) >= 11 is 0. The van der Waals surface area contributed by atoms with E-state index in [0.717, 1.165) is 26.2 Å². The standard InChI is InChI=1S/C6H10N4.HO3P/c1-3-9(5-7-1)10-4-2-8-6-10;1-4(2)3/h5-6H,1-4H2;(H-,1,2,3)/p+1. The van der Waals surface area contributed by atoms with Crippen molar-refractivity contribution >= 4 is 20.9 Å². The van der Waals surface area contributed by atoms with Gasteiger partial charge in [-0.1, -0.05) is 0 Å². The summed E-state index contributed by atoms with van der Waals surface area (Å²) in [6, 6.07) is 0. The molecule has 0 aliphatic carbocycles. The van der Waals surface area contributed by atoms with E-state index in [1.54, 1.807) is 0 Å². The fourth-order valence-electron chi connectivity index (χ4n) is 1.13. The first kappa shape index (κ1) is 11.0. The largest absolute Gasteiger partial charge is 0.692 e. The third-order valence-corrected chi connectivity index (χ3v) is 1.68. The summed E-state index contributed by atoms with van der Waals surface area (Å²) in [5, 5.41) is 4.19. The summed E-state index contributed by atoms with van der Waals surface area (Å²) in [5.74, 6) is 0. The SMILES string of the molecule is C1=NCCN1N1C=NCC1.O=[P+](O)O. The van der Waals surface area contributed by atoms with E-state index in [0.29, 0.717) is 0 Å². The number of nitrogens with zero attached hydrogens (tertiary/aromatic N) is 4. The predicted molar refractivity (Wildman–Crippen MR) is 52.2 cm³/mol. The molecule has 0 saturated carbocycles. The van der Waals surface area contributed by atoms with Crippen molar-refractivity contribution in [1.29, 1.82) is 0 Å². The Balaban J connectivity index is 0.000000213. The molecule has 0 saturated heterocycles. The van der Waals surface area contributed by atoms with Gasteiger partial charge in [0, 0.05) is 4.57 Å². The molecule has 7 nitrogen and oxygen atoms in total. The Hall–Kier alpha value is -1.04. The van der Waals surface area contributed by atoms with E-state index in [1.807, 2.05) is 12.7 Å². The molecule has 0 unspecified atom stereocenters. The van der Waals surface area contributed by atoms with Crippen LogP contribution in [-0.4, -0.2) is 58.7 Å². The third kappa shape index (κ3) is 3.78. The van der Waals surface area contributed by atoms with Crippen LogP contribution in [0, 0.1) is 0 Å². The highest BCUT2D eigenvalue weighted by atomic mass is 31.1. The first-order chi connectivity index (χ1) is 6.70. The highest BCUT2D eigenvalue weighted by Gasteiger charge is 2.14. The van der Waals surface area contributed by atoms with E-state index in [4.69, 9.17) is 14.4 Å². The van der Waals surface area contributed by atoms with Crippen LogP contribution in [0.4, 0.5) is 0 Å². The molecule has 0 aromatic heterocycles. The topological polar surface area (TPSA) is 88.7 Å². The molecule has 0 fully saturated rings. The average molecular weight is 219 g/mol. The predicted octanol–water partition coefficient (Wildman–Crippen LogP) is -0.782. The van der Waals surface area contributed by atoms with Gasteiger partial charge in [0.2, 0.25) is 0 Å². The quantitative estimate of drug-likeness (QED) is 0.564. The molecule has 0 spiro atoms. The average Bonchev–Trinajstić information content (AvgIpc) is 2.76. The van der Waals surface area contributed by atoms with Crippen molar-refractivity contribution in [3.8, 4) is 0 Å². The Labute approximate surface area is 82.3 Å². The monoisotopic (exact) mass is 219 g/mol. The zero-order chi connectivity index (χ0) is 10.4. The van der Waals surface area contributed by atoms with Crippen molar-refractivity contribution in [2.24, 2.45) is 9.98 Å². The molecule has 0 aromatic carbocycles. The zero-order valence-electron chi connectivity index (χ0n) is 7.52. The number of rotatable bonds is 1. The third-order valence-electron chi connectivity index (χ3n) is 1.68. The Morgan fingerprint density at radius 1 is 1.07 bits per heavy atom. The van der Waals surface area contributed by atoms with E-state index >= 15 is 0 Å².